The average molecular weight is 221 g/mol. The Labute approximate surface area is 93.8 Å². The van der Waals surface area contributed by atoms with Crippen molar-refractivity contribution in [2.24, 2.45) is 0 Å². The second-order valence-corrected chi connectivity index (χ2v) is 3.67. The van der Waals surface area contributed by atoms with Gasteiger partial charge in [0.15, 0.2) is 11.5 Å². The van der Waals surface area contributed by atoms with Gasteiger partial charge in [-0.05, 0) is 13.0 Å². The first-order valence-electron chi connectivity index (χ1n) is 5.08. The van der Waals surface area contributed by atoms with Crippen LogP contribution in [0.3, 0.4) is 0 Å². The molecule has 0 aliphatic carbocycles. The van der Waals surface area contributed by atoms with Crippen LogP contribution in [0.15, 0.2) is 18.3 Å². The average Bonchev–Trinajstić information content (AvgIpc) is 2.69. The highest BCUT2D eigenvalue weighted by atomic mass is 16.5. The number of benzene rings is 1. The summed E-state index contributed by atoms with van der Waals surface area (Å²) < 4.78 is 10.4. The van der Waals surface area contributed by atoms with E-state index in [4.69, 9.17) is 9.47 Å². The Morgan fingerprint density at radius 1 is 1.19 bits per heavy atom. The summed E-state index contributed by atoms with van der Waals surface area (Å²) in [6, 6.07) is 3.73. The number of hydrogen-bond acceptors (Lipinski definition) is 3. The highest BCUT2D eigenvalue weighted by Gasteiger charge is 2.12. The van der Waals surface area contributed by atoms with Crippen molar-refractivity contribution in [2.75, 3.05) is 14.2 Å². The van der Waals surface area contributed by atoms with E-state index in [0.29, 0.717) is 11.5 Å². The molecule has 0 aliphatic rings. The molecule has 2 N–H and O–H groups in total. The third-order valence-corrected chi connectivity index (χ3v) is 2.67. The van der Waals surface area contributed by atoms with Crippen LogP contribution in [0.5, 0.6) is 11.5 Å². The third-order valence-electron chi connectivity index (χ3n) is 2.67. The first-order valence-corrected chi connectivity index (χ1v) is 5.08. The maximum Gasteiger partial charge on any atom is 0.162 e. The van der Waals surface area contributed by atoms with Crippen LogP contribution in [0.2, 0.25) is 0 Å². The summed E-state index contributed by atoms with van der Waals surface area (Å²) in [7, 11) is 3.20. The molecule has 0 bridgehead atoms. The minimum absolute atomic E-state index is 0.508. The van der Waals surface area contributed by atoms with Gasteiger partial charge in [0.1, 0.15) is 0 Å². The summed E-state index contributed by atoms with van der Waals surface area (Å²) in [5.74, 6) is 1.34. The molecule has 0 saturated heterocycles. The Kier molecular flexibility index (Phi) is 2.75. The zero-order valence-corrected chi connectivity index (χ0v) is 9.57. The van der Waals surface area contributed by atoms with Gasteiger partial charge in [-0.3, -0.25) is 0 Å². The Hall–Kier alpha value is -1.68. The molecule has 2 aromatic rings. The SMILES string of the molecule is COc1cc2[nH]cc(C(C)O)c2cc1OC. The van der Waals surface area contributed by atoms with Gasteiger partial charge in [-0.15, -0.1) is 0 Å². The number of methoxy groups -OCH3 is 2. The molecule has 0 radical (unpaired) electrons. The maximum absolute atomic E-state index is 9.61. The van der Waals surface area contributed by atoms with Crippen molar-refractivity contribution >= 4 is 10.9 Å². The molecule has 0 aliphatic heterocycles. The standard InChI is InChI=1S/C12H15NO3/c1-7(14)9-6-13-10-5-12(16-3)11(15-2)4-8(9)10/h4-7,13-14H,1-3H3. The summed E-state index contributed by atoms with van der Waals surface area (Å²) in [5.41, 5.74) is 1.78. The molecule has 0 spiro atoms. The number of ether oxygens (including phenoxy) is 2. The number of hydrogen-bond donors (Lipinski definition) is 2. The van der Waals surface area contributed by atoms with Crippen LogP contribution in [0, 0.1) is 0 Å². The van der Waals surface area contributed by atoms with Crippen molar-refractivity contribution in [3.63, 3.8) is 0 Å². The molecule has 1 unspecified atom stereocenters. The maximum atomic E-state index is 9.61. The molecule has 86 valence electrons. The Balaban J connectivity index is 2.66. The fourth-order valence-electron chi connectivity index (χ4n) is 1.82. The molecular formula is C12H15NO3. The Bertz CT molecular complexity index is 502. The van der Waals surface area contributed by atoms with Crippen molar-refractivity contribution < 1.29 is 14.6 Å². The number of rotatable bonds is 3. The van der Waals surface area contributed by atoms with E-state index in [9.17, 15) is 5.11 Å². The van der Waals surface area contributed by atoms with Gasteiger partial charge >= 0.3 is 0 Å². The number of aromatic amines is 1. The van der Waals surface area contributed by atoms with Crippen molar-refractivity contribution in [1.82, 2.24) is 4.98 Å². The van der Waals surface area contributed by atoms with Crippen LogP contribution in [0.1, 0.15) is 18.6 Å². The zero-order chi connectivity index (χ0) is 11.7. The van der Waals surface area contributed by atoms with Gasteiger partial charge in [0.2, 0.25) is 0 Å². The monoisotopic (exact) mass is 221 g/mol. The molecule has 2 rings (SSSR count). The van der Waals surface area contributed by atoms with E-state index in [1.54, 1.807) is 27.3 Å². The third kappa shape index (κ3) is 1.61. The van der Waals surface area contributed by atoms with E-state index in [0.717, 1.165) is 16.5 Å². The Morgan fingerprint density at radius 3 is 2.38 bits per heavy atom. The van der Waals surface area contributed by atoms with E-state index in [2.05, 4.69) is 4.98 Å². The number of fused-ring (bicyclic) bond motifs is 1. The van der Waals surface area contributed by atoms with Gasteiger partial charge in [-0.1, -0.05) is 0 Å². The topological polar surface area (TPSA) is 54.5 Å². The zero-order valence-electron chi connectivity index (χ0n) is 9.57. The lowest BCUT2D eigenvalue weighted by Gasteiger charge is -2.08. The van der Waals surface area contributed by atoms with E-state index in [1.807, 2.05) is 12.1 Å². The molecule has 4 heteroatoms. The predicted octanol–water partition coefficient (Wildman–Crippen LogP) is 2.24. The molecule has 4 nitrogen and oxygen atoms in total. The van der Waals surface area contributed by atoms with Crippen molar-refractivity contribution in [2.45, 2.75) is 13.0 Å². The van der Waals surface area contributed by atoms with Crippen LogP contribution >= 0.6 is 0 Å². The summed E-state index contributed by atoms with van der Waals surface area (Å²) in [4.78, 5) is 3.10. The number of aliphatic hydroxyl groups excluding tert-OH is 1. The molecule has 16 heavy (non-hydrogen) atoms. The van der Waals surface area contributed by atoms with E-state index >= 15 is 0 Å². The fourth-order valence-corrected chi connectivity index (χ4v) is 1.82. The summed E-state index contributed by atoms with van der Waals surface area (Å²) >= 11 is 0. The lowest BCUT2D eigenvalue weighted by atomic mass is 10.1. The normalized spacial score (nSPS) is 12.8. The molecule has 0 fully saturated rings. The minimum atomic E-state index is -0.508. The minimum Gasteiger partial charge on any atom is -0.493 e. The number of nitrogens with one attached hydrogen (secondary N) is 1. The van der Waals surface area contributed by atoms with Gasteiger partial charge in [-0.25, -0.2) is 0 Å². The second kappa shape index (κ2) is 4.06. The Morgan fingerprint density at radius 2 is 1.81 bits per heavy atom. The summed E-state index contributed by atoms with van der Waals surface area (Å²) in [6.07, 6.45) is 1.29. The van der Waals surface area contributed by atoms with Crippen LogP contribution in [-0.4, -0.2) is 24.3 Å². The fraction of sp³-hybridized carbons (Fsp3) is 0.333. The van der Waals surface area contributed by atoms with E-state index < -0.39 is 6.10 Å². The largest absolute Gasteiger partial charge is 0.493 e. The van der Waals surface area contributed by atoms with Gasteiger partial charge in [0, 0.05) is 28.7 Å². The highest BCUT2D eigenvalue weighted by molar-refractivity contribution is 5.87. The lowest BCUT2D eigenvalue weighted by molar-refractivity contribution is 0.201. The van der Waals surface area contributed by atoms with Gasteiger partial charge in [-0.2, -0.15) is 0 Å². The van der Waals surface area contributed by atoms with Gasteiger partial charge < -0.3 is 19.6 Å². The van der Waals surface area contributed by atoms with E-state index in [1.165, 1.54) is 0 Å². The molecule has 1 heterocycles. The second-order valence-electron chi connectivity index (χ2n) is 3.67. The van der Waals surface area contributed by atoms with Crippen LogP contribution in [-0.2, 0) is 0 Å². The van der Waals surface area contributed by atoms with Crippen LogP contribution in [0.25, 0.3) is 10.9 Å². The lowest BCUT2D eigenvalue weighted by Crippen LogP contribution is -1.92. The molecule has 1 aromatic carbocycles. The van der Waals surface area contributed by atoms with Crippen molar-refractivity contribution in [3.05, 3.63) is 23.9 Å². The smallest absolute Gasteiger partial charge is 0.162 e. The first kappa shape index (κ1) is 10.8. The predicted molar refractivity (Wildman–Crippen MR) is 62.0 cm³/mol. The van der Waals surface area contributed by atoms with Gasteiger partial charge in [0.25, 0.3) is 0 Å². The molecule has 1 aromatic heterocycles. The van der Waals surface area contributed by atoms with Crippen LogP contribution < -0.4 is 9.47 Å². The molecule has 1 atom stereocenters. The summed E-state index contributed by atoms with van der Waals surface area (Å²) in [5, 5.41) is 10.6. The van der Waals surface area contributed by atoms with Gasteiger partial charge in [0.05, 0.1) is 20.3 Å². The van der Waals surface area contributed by atoms with Crippen molar-refractivity contribution in [1.29, 1.82) is 0 Å². The highest BCUT2D eigenvalue weighted by Crippen LogP contribution is 2.34. The summed E-state index contributed by atoms with van der Waals surface area (Å²) in [6.45, 7) is 1.74. The van der Waals surface area contributed by atoms with Crippen LogP contribution in [0.4, 0.5) is 0 Å². The quantitative estimate of drug-likeness (QED) is 0.835. The number of aliphatic hydroxyl groups is 1. The molecule has 0 saturated carbocycles. The number of aromatic nitrogens is 1. The number of H-pyrrole nitrogens is 1. The molecular weight excluding hydrogens is 206 g/mol. The van der Waals surface area contributed by atoms with Crippen molar-refractivity contribution in [3.8, 4) is 11.5 Å². The van der Waals surface area contributed by atoms with E-state index in [-0.39, 0.29) is 0 Å². The molecule has 0 amide bonds. The first-order chi connectivity index (χ1) is 7.67.